The standard InChI is InChI=1S/C26H28N2O3/c1-25(2,3)18-11-9-17(10-12-18)21-20(23(30)26(4,5)6)22(29)24(31)28(21)19-13-7-16(15-27)8-14-19/h7-14,21,29H,1-6H3. The molecule has 0 aliphatic carbocycles. The highest BCUT2D eigenvalue weighted by Crippen LogP contribution is 2.43. The van der Waals surface area contributed by atoms with Crippen molar-refractivity contribution in [2.24, 2.45) is 5.41 Å². The van der Waals surface area contributed by atoms with E-state index in [2.05, 4.69) is 26.8 Å². The number of carbonyl (C=O) groups excluding carboxylic acids is 2. The summed E-state index contributed by atoms with van der Waals surface area (Å²) in [5, 5.41) is 19.8. The lowest BCUT2D eigenvalue weighted by atomic mass is 9.81. The molecule has 0 fully saturated rings. The summed E-state index contributed by atoms with van der Waals surface area (Å²) < 4.78 is 0. The largest absolute Gasteiger partial charge is 0.503 e. The van der Waals surface area contributed by atoms with Crippen LogP contribution >= 0.6 is 0 Å². The predicted octanol–water partition coefficient (Wildman–Crippen LogP) is 5.37. The number of benzene rings is 2. The van der Waals surface area contributed by atoms with Crippen LogP contribution in [0.4, 0.5) is 5.69 Å². The fourth-order valence-corrected chi connectivity index (χ4v) is 3.68. The zero-order valence-corrected chi connectivity index (χ0v) is 18.9. The topological polar surface area (TPSA) is 81.4 Å². The van der Waals surface area contributed by atoms with Crippen LogP contribution in [0.1, 0.15) is 64.3 Å². The van der Waals surface area contributed by atoms with Crippen LogP contribution < -0.4 is 4.90 Å². The van der Waals surface area contributed by atoms with Gasteiger partial charge in [0.1, 0.15) is 0 Å². The number of rotatable bonds is 3. The lowest BCUT2D eigenvalue weighted by molar-refractivity contribution is -0.123. The lowest BCUT2D eigenvalue weighted by Crippen LogP contribution is -2.32. The van der Waals surface area contributed by atoms with Gasteiger partial charge in [0.15, 0.2) is 11.5 Å². The number of carbonyl (C=O) groups is 2. The molecule has 160 valence electrons. The quantitative estimate of drug-likeness (QED) is 0.729. The van der Waals surface area contributed by atoms with Gasteiger partial charge < -0.3 is 5.11 Å². The van der Waals surface area contributed by atoms with Crippen molar-refractivity contribution in [3.63, 3.8) is 0 Å². The lowest BCUT2D eigenvalue weighted by Gasteiger charge is -2.29. The molecule has 3 rings (SSSR count). The van der Waals surface area contributed by atoms with Crippen LogP contribution in [0.15, 0.2) is 59.9 Å². The highest BCUT2D eigenvalue weighted by molar-refractivity contribution is 6.17. The van der Waals surface area contributed by atoms with Crippen LogP contribution in [-0.2, 0) is 15.0 Å². The Hall–Kier alpha value is -3.39. The molecule has 0 saturated carbocycles. The minimum Gasteiger partial charge on any atom is -0.503 e. The summed E-state index contributed by atoms with van der Waals surface area (Å²) in [6, 6.07) is 15.6. The zero-order chi connectivity index (χ0) is 23.1. The van der Waals surface area contributed by atoms with Gasteiger partial charge in [0.25, 0.3) is 5.91 Å². The third-order valence-corrected chi connectivity index (χ3v) is 5.50. The predicted molar refractivity (Wildman–Crippen MR) is 121 cm³/mol. The smallest absolute Gasteiger partial charge is 0.294 e. The molecule has 1 amide bonds. The number of amides is 1. The van der Waals surface area contributed by atoms with E-state index in [4.69, 9.17) is 5.26 Å². The molecule has 1 aliphatic heterocycles. The third kappa shape index (κ3) is 4.11. The second kappa shape index (κ2) is 7.70. The number of hydrogen-bond acceptors (Lipinski definition) is 4. The zero-order valence-electron chi connectivity index (χ0n) is 18.9. The average Bonchev–Trinajstić information content (AvgIpc) is 2.97. The molecule has 1 heterocycles. The first kappa shape index (κ1) is 22.3. The van der Waals surface area contributed by atoms with E-state index in [1.54, 1.807) is 45.0 Å². The summed E-state index contributed by atoms with van der Waals surface area (Å²) in [5.41, 5.74) is 2.13. The maximum absolute atomic E-state index is 13.3. The fraction of sp³-hybridized carbons (Fsp3) is 0.346. The molecular formula is C26H28N2O3. The van der Waals surface area contributed by atoms with Crippen LogP contribution in [0.3, 0.4) is 0 Å². The molecule has 31 heavy (non-hydrogen) atoms. The Morgan fingerprint density at radius 3 is 1.97 bits per heavy atom. The first-order valence-corrected chi connectivity index (χ1v) is 10.3. The highest BCUT2D eigenvalue weighted by Gasteiger charge is 2.46. The van der Waals surface area contributed by atoms with Gasteiger partial charge in [0.05, 0.1) is 23.2 Å². The van der Waals surface area contributed by atoms with E-state index < -0.39 is 23.1 Å². The maximum atomic E-state index is 13.3. The summed E-state index contributed by atoms with van der Waals surface area (Å²) >= 11 is 0. The van der Waals surface area contributed by atoms with E-state index in [-0.39, 0.29) is 16.8 Å². The van der Waals surface area contributed by atoms with Gasteiger partial charge in [-0.25, -0.2) is 0 Å². The second-order valence-electron chi connectivity index (χ2n) is 9.95. The Labute approximate surface area is 183 Å². The molecule has 1 aliphatic rings. The Morgan fingerprint density at radius 1 is 0.968 bits per heavy atom. The van der Waals surface area contributed by atoms with Gasteiger partial charge in [-0.05, 0) is 40.8 Å². The van der Waals surface area contributed by atoms with Gasteiger partial charge in [-0.2, -0.15) is 5.26 Å². The van der Waals surface area contributed by atoms with Crippen LogP contribution in [0.25, 0.3) is 0 Å². The van der Waals surface area contributed by atoms with Crippen molar-refractivity contribution in [3.8, 4) is 6.07 Å². The molecule has 1 unspecified atom stereocenters. The molecule has 5 nitrogen and oxygen atoms in total. The Kier molecular flexibility index (Phi) is 5.54. The summed E-state index contributed by atoms with van der Waals surface area (Å²) in [6.45, 7) is 11.7. The van der Waals surface area contributed by atoms with E-state index >= 15 is 0 Å². The SMILES string of the molecule is CC(C)(C)C(=O)C1=C(O)C(=O)N(c2ccc(C#N)cc2)C1c1ccc(C(C)(C)C)cc1. The molecule has 2 aromatic carbocycles. The monoisotopic (exact) mass is 416 g/mol. The molecule has 5 heteroatoms. The molecule has 1 N–H and O–H groups in total. The second-order valence-corrected chi connectivity index (χ2v) is 9.95. The Bertz CT molecular complexity index is 1090. The number of nitriles is 1. The molecule has 2 aromatic rings. The summed E-state index contributed by atoms with van der Waals surface area (Å²) in [4.78, 5) is 27.8. The van der Waals surface area contributed by atoms with Gasteiger partial charge in [0, 0.05) is 11.1 Å². The van der Waals surface area contributed by atoms with Gasteiger partial charge in [0.2, 0.25) is 0 Å². The number of hydrogen-bond donors (Lipinski definition) is 1. The number of nitrogens with zero attached hydrogens (tertiary/aromatic N) is 2. The summed E-state index contributed by atoms with van der Waals surface area (Å²) in [7, 11) is 0. The number of ketones is 1. The van der Waals surface area contributed by atoms with Crippen LogP contribution in [0.5, 0.6) is 0 Å². The third-order valence-electron chi connectivity index (χ3n) is 5.50. The number of aliphatic hydroxyl groups excluding tert-OH is 1. The van der Waals surface area contributed by atoms with E-state index in [1.165, 1.54) is 4.90 Å². The van der Waals surface area contributed by atoms with Crippen molar-refractivity contribution in [1.29, 1.82) is 5.26 Å². The minimum absolute atomic E-state index is 0.0428. The molecule has 0 aromatic heterocycles. The van der Waals surface area contributed by atoms with Crippen molar-refractivity contribution in [1.82, 2.24) is 0 Å². The van der Waals surface area contributed by atoms with Crippen molar-refractivity contribution >= 4 is 17.4 Å². The molecule has 0 spiro atoms. The first-order chi connectivity index (χ1) is 14.4. The Balaban J connectivity index is 2.18. The molecule has 1 atom stereocenters. The number of anilines is 1. The van der Waals surface area contributed by atoms with E-state index in [1.807, 2.05) is 24.3 Å². The van der Waals surface area contributed by atoms with Crippen LogP contribution in [0, 0.1) is 16.7 Å². The fourth-order valence-electron chi connectivity index (χ4n) is 3.68. The maximum Gasteiger partial charge on any atom is 0.294 e. The van der Waals surface area contributed by atoms with Crippen molar-refractivity contribution in [2.45, 2.75) is 53.0 Å². The molecule has 0 bridgehead atoms. The average molecular weight is 417 g/mol. The van der Waals surface area contributed by atoms with Crippen molar-refractivity contribution < 1.29 is 14.7 Å². The van der Waals surface area contributed by atoms with Gasteiger partial charge in [-0.3, -0.25) is 14.5 Å². The van der Waals surface area contributed by atoms with Crippen LogP contribution in [-0.4, -0.2) is 16.8 Å². The van der Waals surface area contributed by atoms with Crippen molar-refractivity contribution in [2.75, 3.05) is 4.90 Å². The van der Waals surface area contributed by atoms with Crippen LogP contribution in [0.2, 0.25) is 0 Å². The van der Waals surface area contributed by atoms with E-state index in [0.29, 0.717) is 11.3 Å². The summed E-state index contributed by atoms with van der Waals surface area (Å²) in [6.07, 6.45) is 0. The minimum atomic E-state index is -0.770. The first-order valence-electron chi connectivity index (χ1n) is 10.3. The number of Topliss-reactive ketones (excluding diaryl/α,β-unsaturated/α-hetero) is 1. The highest BCUT2D eigenvalue weighted by atomic mass is 16.3. The summed E-state index contributed by atoms with van der Waals surface area (Å²) in [5.74, 6) is -1.42. The normalized spacial score (nSPS) is 17.1. The van der Waals surface area contributed by atoms with E-state index in [9.17, 15) is 14.7 Å². The van der Waals surface area contributed by atoms with E-state index in [0.717, 1.165) is 11.1 Å². The van der Waals surface area contributed by atoms with Crippen molar-refractivity contribution in [3.05, 3.63) is 76.6 Å². The Morgan fingerprint density at radius 2 is 1.52 bits per heavy atom. The van der Waals surface area contributed by atoms with Gasteiger partial charge >= 0.3 is 0 Å². The number of aliphatic hydroxyl groups is 1. The van der Waals surface area contributed by atoms with Gasteiger partial charge in [-0.15, -0.1) is 0 Å². The molecule has 0 radical (unpaired) electrons. The molecule has 0 saturated heterocycles. The van der Waals surface area contributed by atoms with Gasteiger partial charge in [-0.1, -0.05) is 65.8 Å². The molecular weight excluding hydrogens is 388 g/mol.